The molecule has 2 aromatic carbocycles. The SMILES string of the molecule is COC(=O)c1ccc(NC(=O)COC(=O)[C@@H](C)Oc2ccccc2)cc1. The summed E-state index contributed by atoms with van der Waals surface area (Å²) >= 11 is 0. The van der Waals surface area contributed by atoms with Gasteiger partial charge in [-0.2, -0.15) is 0 Å². The predicted molar refractivity (Wildman–Crippen MR) is 93.9 cm³/mol. The number of anilines is 1. The fraction of sp³-hybridized carbons (Fsp3) is 0.211. The number of benzene rings is 2. The molecule has 0 unspecified atom stereocenters. The quantitative estimate of drug-likeness (QED) is 0.765. The third kappa shape index (κ3) is 5.62. The molecule has 0 aliphatic rings. The van der Waals surface area contributed by atoms with E-state index in [4.69, 9.17) is 9.47 Å². The van der Waals surface area contributed by atoms with Crippen LogP contribution >= 0.6 is 0 Å². The zero-order valence-corrected chi connectivity index (χ0v) is 14.4. The Balaban J connectivity index is 1.78. The van der Waals surface area contributed by atoms with Crippen LogP contribution in [0, 0.1) is 0 Å². The van der Waals surface area contributed by atoms with Crippen LogP contribution in [0.4, 0.5) is 5.69 Å². The highest BCUT2D eigenvalue weighted by Gasteiger charge is 2.17. The highest BCUT2D eigenvalue weighted by atomic mass is 16.6. The van der Waals surface area contributed by atoms with Crippen molar-refractivity contribution in [3.8, 4) is 5.75 Å². The summed E-state index contributed by atoms with van der Waals surface area (Å²) in [7, 11) is 1.29. The molecule has 2 aromatic rings. The van der Waals surface area contributed by atoms with Gasteiger partial charge >= 0.3 is 11.9 Å². The van der Waals surface area contributed by atoms with E-state index in [9.17, 15) is 14.4 Å². The second-order valence-corrected chi connectivity index (χ2v) is 5.30. The van der Waals surface area contributed by atoms with Gasteiger partial charge in [0.2, 0.25) is 0 Å². The number of ether oxygens (including phenoxy) is 3. The van der Waals surface area contributed by atoms with E-state index in [1.54, 1.807) is 43.3 Å². The van der Waals surface area contributed by atoms with Gasteiger partial charge in [-0.05, 0) is 43.3 Å². The molecule has 1 atom stereocenters. The summed E-state index contributed by atoms with van der Waals surface area (Å²) in [6.45, 7) is 1.10. The summed E-state index contributed by atoms with van der Waals surface area (Å²) < 4.78 is 15.0. The molecule has 26 heavy (non-hydrogen) atoms. The molecule has 1 amide bonds. The molecule has 0 fully saturated rings. The van der Waals surface area contributed by atoms with Gasteiger partial charge in [0.1, 0.15) is 5.75 Å². The van der Waals surface area contributed by atoms with Crippen LogP contribution in [0.15, 0.2) is 54.6 Å². The Morgan fingerprint density at radius 2 is 1.65 bits per heavy atom. The second kappa shape index (κ2) is 9.22. The summed E-state index contributed by atoms with van der Waals surface area (Å²) in [6, 6.07) is 15.0. The first-order chi connectivity index (χ1) is 12.5. The minimum absolute atomic E-state index is 0.365. The normalized spacial score (nSPS) is 11.2. The molecule has 1 N–H and O–H groups in total. The monoisotopic (exact) mass is 357 g/mol. The van der Waals surface area contributed by atoms with Crippen molar-refractivity contribution in [2.24, 2.45) is 0 Å². The first-order valence-corrected chi connectivity index (χ1v) is 7.86. The second-order valence-electron chi connectivity index (χ2n) is 5.30. The molecule has 0 aromatic heterocycles. The summed E-state index contributed by atoms with van der Waals surface area (Å²) in [5, 5.41) is 2.56. The van der Waals surface area contributed by atoms with E-state index in [2.05, 4.69) is 10.1 Å². The Labute approximate surface area is 150 Å². The standard InChI is InChI=1S/C19H19NO6/c1-13(26-16-6-4-3-5-7-16)18(22)25-12-17(21)20-15-10-8-14(9-11-15)19(23)24-2/h3-11,13H,12H2,1-2H3,(H,20,21)/t13-/m1/s1. The Morgan fingerprint density at radius 1 is 1.00 bits per heavy atom. The largest absolute Gasteiger partial charge is 0.479 e. The van der Waals surface area contributed by atoms with Gasteiger partial charge in [0, 0.05) is 5.69 Å². The molecule has 7 nitrogen and oxygen atoms in total. The molecule has 0 radical (unpaired) electrons. The zero-order valence-electron chi connectivity index (χ0n) is 14.4. The molecule has 0 heterocycles. The molecule has 0 aliphatic heterocycles. The summed E-state index contributed by atoms with van der Waals surface area (Å²) in [4.78, 5) is 35.1. The number of carbonyl (C=O) groups is 3. The van der Waals surface area contributed by atoms with Gasteiger partial charge in [-0.15, -0.1) is 0 Å². The van der Waals surface area contributed by atoms with Crippen LogP contribution in [0.3, 0.4) is 0 Å². The van der Waals surface area contributed by atoms with Gasteiger partial charge in [0.25, 0.3) is 5.91 Å². The van der Waals surface area contributed by atoms with Crippen molar-refractivity contribution in [3.05, 3.63) is 60.2 Å². The van der Waals surface area contributed by atoms with Crippen molar-refractivity contribution in [2.75, 3.05) is 19.0 Å². The Kier molecular flexibility index (Phi) is 6.73. The van der Waals surface area contributed by atoms with Crippen LogP contribution in [-0.4, -0.2) is 37.7 Å². The van der Waals surface area contributed by atoms with E-state index in [1.165, 1.54) is 19.2 Å². The molecule has 7 heteroatoms. The van der Waals surface area contributed by atoms with E-state index in [0.717, 1.165) is 0 Å². The van der Waals surface area contributed by atoms with E-state index in [-0.39, 0.29) is 0 Å². The van der Waals surface area contributed by atoms with E-state index < -0.39 is 30.6 Å². The van der Waals surface area contributed by atoms with Crippen molar-refractivity contribution in [1.82, 2.24) is 0 Å². The maximum absolute atomic E-state index is 11.9. The first-order valence-electron chi connectivity index (χ1n) is 7.86. The lowest BCUT2D eigenvalue weighted by Gasteiger charge is -2.13. The molecular formula is C19H19NO6. The Hall–Kier alpha value is -3.35. The average molecular weight is 357 g/mol. The minimum atomic E-state index is -0.843. The van der Waals surface area contributed by atoms with Crippen molar-refractivity contribution >= 4 is 23.5 Å². The number of methoxy groups -OCH3 is 1. The lowest BCUT2D eigenvalue weighted by molar-refractivity contribution is -0.153. The summed E-state index contributed by atoms with van der Waals surface area (Å²) in [5.41, 5.74) is 0.830. The number of hydrogen-bond acceptors (Lipinski definition) is 6. The van der Waals surface area contributed by atoms with Gasteiger partial charge in [-0.1, -0.05) is 18.2 Å². The number of amides is 1. The van der Waals surface area contributed by atoms with Gasteiger partial charge in [0.15, 0.2) is 12.7 Å². The fourth-order valence-electron chi connectivity index (χ4n) is 2.01. The van der Waals surface area contributed by atoms with Gasteiger partial charge in [-0.25, -0.2) is 9.59 Å². The molecule has 0 spiro atoms. The van der Waals surface area contributed by atoms with Crippen molar-refractivity contribution in [1.29, 1.82) is 0 Å². The lowest BCUT2D eigenvalue weighted by Crippen LogP contribution is -2.29. The molecular weight excluding hydrogens is 338 g/mol. The first kappa shape index (κ1) is 19.0. The number of esters is 2. The van der Waals surface area contributed by atoms with Crippen LogP contribution in [-0.2, 0) is 19.1 Å². The zero-order chi connectivity index (χ0) is 18.9. The molecule has 0 saturated heterocycles. The minimum Gasteiger partial charge on any atom is -0.479 e. The highest BCUT2D eigenvalue weighted by molar-refractivity contribution is 5.94. The van der Waals surface area contributed by atoms with Crippen LogP contribution in [0.5, 0.6) is 5.75 Å². The smallest absolute Gasteiger partial charge is 0.347 e. The number of nitrogens with one attached hydrogen (secondary N) is 1. The van der Waals surface area contributed by atoms with Crippen molar-refractivity contribution < 1.29 is 28.6 Å². The van der Waals surface area contributed by atoms with Crippen molar-refractivity contribution in [2.45, 2.75) is 13.0 Å². The van der Waals surface area contributed by atoms with E-state index >= 15 is 0 Å². The Morgan fingerprint density at radius 3 is 2.27 bits per heavy atom. The highest BCUT2D eigenvalue weighted by Crippen LogP contribution is 2.12. The molecule has 0 saturated carbocycles. The van der Waals surface area contributed by atoms with Crippen LogP contribution < -0.4 is 10.1 Å². The average Bonchev–Trinajstić information content (AvgIpc) is 2.66. The summed E-state index contributed by atoms with van der Waals surface area (Å²) in [5.74, 6) is -1.09. The summed E-state index contributed by atoms with van der Waals surface area (Å²) in [6.07, 6.45) is -0.843. The Bertz CT molecular complexity index is 757. The van der Waals surface area contributed by atoms with Crippen LogP contribution in [0.1, 0.15) is 17.3 Å². The van der Waals surface area contributed by atoms with E-state index in [0.29, 0.717) is 17.0 Å². The van der Waals surface area contributed by atoms with E-state index in [1.807, 2.05) is 6.07 Å². The number of carbonyl (C=O) groups excluding carboxylic acids is 3. The maximum Gasteiger partial charge on any atom is 0.347 e. The van der Waals surface area contributed by atoms with Gasteiger partial charge < -0.3 is 19.5 Å². The third-order valence-electron chi connectivity index (χ3n) is 3.32. The number of hydrogen-bond donors (Lipinski definition) is 1. The lowest BCUT2D eigenvalue weighted by atomic mass is 10.2. The molecule has 0 aliphatic carbocycles. The van der Waals surface area contributed by atoms with Crippen LogP contribution in [0.2, 0.25) is 0 Å². The van der Waals surface area contributed by atoms with Gasteiger partial charge in [0.05, 0.1) is 12.7 Å². The van der Waals surface area contributed by atoms with Crippen LogP contribution in [0.25, 0.3) is 0 Å². The molecule has 0 bridgehead atoms. The van der Waals surface area contributed by atoms with Gasteiger partial charge in [-0.3, -0.25) is 4.79 Å². The topological polar surface area (TPSA) is 90.9 Å². The molecule has 2 rings (SSSR count). The van der Waals surface area contributed by atoms with Crippen molar-refractivity contribution in [3.63, 3.8) is 0 Å². The predicted octanol–water partition coefficient (Wildman–Crippen LogP) is 2.42. The maximum atomic E-state index is 11.9. The third-order valence-corrected chi connectivity index (χ3v) is 3.32. The number of rotatable bonds is 7. The molecule has 136 valence electrons. The number of para-hydroxylation sites is 1. The fourth-order valence-corrected chi connectivity index (χ4v) is 2.01.